The Kier molecular flexibility index (Phi) is 4.49. The van der Waals surface area contributed by atoms with Crippen molar-refractivity contribution in [3.8, 4) is 5.75 Å². The van der Waals surface area contributed by atoms with Gasteiger partial charge in [0.1, 0.15) is 5.75 Å². The van der Waals surface area contributed by atoms with Crippen LogP contribution < -0.4 is 16.0 Å². The Hall–Kier alpha value is -1.91. The Morgan fingerprint density at radius 1 is 1.00 bits per heavy atom. The van der Waals surface area contributed by atoms with Gasteiger partial charge in [0.2, 0.25) is 0 Å². The largest absolute Gasteiger partial charge is 0.491 e. The average Bonchev–Trinajstić information content (AvgIpc) is 2.42. The lowest BCUT2D eigenvalue weighted by molar-refractivity contribution is 0.242. The van der Waals surface area contributed by atoms with E-state index >= 15 is 0 Å². The molecule has 1 aromatic heterocycles. The van der Waals surface area contributed by atoms with E-state index in [4.69, 9.17) is 10.6 Å². The molecule has 2 rings (SSSR count). The molecule has 0 radical (unpaired) electrons. The predicted molar refractivity (Wildman–Crippen MR) is 75.6 cm³/mol. The second kappa shape index (κ2) is 6.31. The Balaban J connectivity index is 2.20. The molecule has 3 N–H and O–H groups in total. The van der Waals surface area contributed by atoms with Gasteiger partial charge in [-0.3, -0.25) is 10.8 Å². The summed E-state index contributed by atoms with van der Waals surface area (Å²) in [6, 6.07) is 11.8. The van der Waals surface area contributed by atoms with Gasteiger partial charge in [-0.15, -0.1) is 0 Å². The van der Waals surface area contributed by atoms with Crippen LogP contribution >= 0.6 is 0 Å². The number of benzene rings is 1. The normalized spacial score (nSPS) is 12.4. The van der Waals surface area contributed by atoms with Crippen molar-refractivity contribution in [3.63, 3.8) is 0 Å². The van der Waals surface area contributed by atoms with Gasteiger partial charge in [0.15, 0.2) is 0 Å². The van der Waals surface area contributed by atoms with Crippen molar-refractivity contribution in [3.05, 3.63) is 59.9 Å². The van der Waals surface area contributed by atoms with Crippen LogP contribution in [0.3, 0.4) is 0 Å². The van der Waals surface area contributed by atoms with Gasteiger partial charge in [0.05, 0.1) is 12.1 Å². The molecular formula is C15H19N3O. The van der Waals surface area contributed by atoms with E-state index < -0.39 is 0 Å². The number of aromatic nitrogens is 1. The van der Waals surface area contributed by atoms with E-state index in [1.54, 1.807) is 12.4 Å². The van der Waals surface area contributed by atoms with Crippen LogP contribution in [0.25, 0.3) is 0 Å². The third kappa shape index (κ3) is 3.53. The minimum atomic E-state index is -0.0453. The smallest absolute Gasteiger partial charge is 0.119 e. The highest BCUT2D eigenvalue weighted by molar-refractivity contribution is 5.34. The Morgan fingerprint density at radius 3 is 2.11 bits per heavy atom. The van der Waals surface area contributed by atoms with Crippen molar-refractivity contribution in [1.29, 1.82) is 0 Å². The highest BCUT2D eigenvalue weighted by Gasteiger charge is 2.12. The van der Waals surface area contributed by atoms with E-state index in [-0.39, 0.29) is 12.1 Å². The van der Waals surface area contributed by atoms with Gasteiger partial charge in [-0.1, -0.05) is 12.1 Å². The average molecular weight is 257 g/mol. The zero-order chi connectivity index (χ0) is 13.7. The van der Waals surface area contributed by atoms with Crippen LogP contribution in [0.4, 0.5) is 0 Å². The summed E-state index contributed by atoms with van der Waals surface area (Å²) in [7, 11) is 0. The highest BCUT2D eigenvalue weighted by atomic mass is 16.5. The second-order valence-electron chi connectivity index (χ2n) is 4.62. The standard InChI is InChI=1S/C15H19N3O/c1-11(2)19-14-5-3-12(4-6-14)15(18-16)13-7-9-17-10-8-13/h3-11,15,18H,16H2,1-2H3. The zero-order valence-electron chi connectivity index (χ0n) is 11.2. The topological polar surface area (TPSA) is 60.2 Å². The molecule has 0 saturated carbocycles. The molecule has 0 aliphatic carbocycles. The molecule has 0 saturated heterocycles. The first-order valence-electron chi connectivity index (χ1n) is 6.33. The van der Waals surface area contributed by atoms with Crippen LogP contribution in [0, 0.1) is 0 Å². The van der Waals surface area contributed by atoms with Gasteiger partial charge in [-0.05, 0) is 49.2 Å². The van der Waals surface area contributed by atoms with E-state index in [0.717, 1.165) is 16.9 Å². The molecule has 1 unspecified atom stereocenters. The van der Waals surface area contributed by atoms with Crippen LogP contribution in [0.15, 0.2) is 48.8 Å². The lowest BCUT2D eigenvalue weighted by Gasteiger charge is -2.17. The molecule has 19 heavy (non-hydrogen) atoms. The number of pyridine rings is 1. The van der Waals surface area contributed by atoms with Crippen LogP contribution in [-0.2, 0) is 0 Å². The molecule has 0 aliphatic heterocycles. The Bertz CT molecular complexity index is 497. The Labute approximate surface area is 113 Å². The molecule has 1 heterocycles. The van der Waals surface area contributed by atoms with Gasteiger partial charge in [-0.25, -0.2) is 5.43 Å². The highest BCUT2D eigenvalue weighted by Crippen LogP contribution is 2.23. The molecule has 2 aromatic rings. The predicted octanol–water partition coefficient (Wildman–Crippen LogP) is 2.42. The van der Waals surface area contributed by atoms with E-state index in [2.05, 4.69) is 10.4 Å². The fourth-order valence-corrected chi connectivity index (χ4v) is 1.95. The molecule has 0 aliphatic rings. The summed E-state index contributed by atoms with van der Waals surface area (Å²) in [6.45, 7) is 4.02. The first-order chi connectivity index (χ1) is 9.20. The number of ether oxygens (including phenoxy) is 1. The third-order valence-electron chi connectivity index (χ3n) is 2.79. The van der Waals surface area contributed by atoms with Crippen molar-refractivity contribution in [2.45, 2.75) is 26.0 Å². The lowest BCUT2D eigenvalue weighted by atomic mass is 10.0. The molecule has 0 bridgehead atoms. The van der Waals surface area contributed by atoms with E-state index in [1.807, 2.05) is 50.2 Å². The number of nitrogens with two attached hydrogens (primary N) is 1. The van der Waals surface area contributed by atoms with Gasteiger partial charge < -0.3 is 4.74 Å². The molecule has 100 valence electrons. The fourth-order valence-electron chi connectivity index (χ4n) is 1.95. The number of hydrogen-bond donors (Lipinski definition) is 2. The minimum absolute atomic E-state index is 0.0453. The molecule has 0 spiro atoms. The number of rotatable bonds is 5. The van der Waals surface area contributed by atoms with Gasteiger partial charge in [0, 0.05) is 12.4 Å². The molecule has 4 heteroatoms. The quantitative estimate of drug-likeness (QED) is 0.638. The molecule has 0 fully saturated rings. The molecule has 1 aromatic carbocycles. The van der Waals surface area contributed by atoms with Crippen molar-refractivity contribution < 1.29 is 4.74 Å². The van der Waals surface area contributed by atoms with E-state index in [0.29, 0.717) is 0 Å². The third-order valence-corrected chi connectivity index (χ3v) is 2.79. The van der Waals surface area contributed by atoms with Crippen LogP contribution in [0.1, 0.15) is 31.0 Å². The summed E-state index contributed by atoms with van der Waals surface area (Å²) in [5.74, 6) is 6.52. The molecular weight excluding hydrogens is 238 g/mol. The summed E-state index contributed by atoms with van der Waals surface area (Å²) >= 11 is 0. The van der Waals surface area contributed by atoms with E-state index in [9.17, 15) is 0 Å². The van der Waals surface area contributed by atoms with Crippen molar-refractivity contribution in [2.24, 2.45) is 5.84 Å². The first-order valence-corrected chi connectivity index (χ1v) is 6.33. The maximum absolute atomic E-state index is 5.65. The summed E-state index contributed by atoms with van der Waals surface area (Å²) in [5.41, 5.74) is 4.99. The van der Waals surface area contributed by atoms with Crippen molar-refractivity contribution in [2.75, 3.05) is 0 Å². The maximum Gasteiger partial charge on any atom is 0.119 e. The summed E-state index contributed by atoms with van der Waals surface area (Å²) in [4.78, 5) is 4.01. The van der Waals surface area contributed by atoms with Crippen molar-refractivity contribution in [1.82, 2.24) is 10.4 Å². The van der Waals surface area contributed by atoms with Crippen LogP contribution in [0.2, 0.25) is 0 Å². The summed E-state index contributed by atoms with van der Waals surface area (Å²) < 4.78 is 5.63. The first kappa shape index (κ1) is 13.5. The summed E-state index contributed by atoms with van der Waals surface area (Å²) in [5, 5.41) is 0. The van der Waals surface area contributed by atoms with Gasteiger partial charge in [-0.2, -0.15) is 0 Å². The summed E-state index contributed by atoms with van der Waals surface area (Å²) in [6.07, 6.45) is 3.70. The molecule has 1 atom stereocenters. The lowest BCUT2D eigenvalue weighted by Crippen LogP contribution is -2.28. The number of hydrogen-bond acceptors (Lipinski definition) is 4. The van der Waals surface area contributed by atoms with Gasteiger partial charge >= 0.3 is 0 Å². The number of nitrogens with zero attached hydrogens (tertiary/aromatic N) is 1. The van der Waals surface area contributed by atoms with Crippen molar-refractivity contribution >= 4 is 0 Å². The maximum atomic E-state index is 5.65. The monoisotopic (exact) mass is 257 g/mol. The number of nitrogens with one attached hydrogen (secondary N) is 1. The van der Waals surface area contributed by atoms with E-state index in [1.165, 1.54) is 0 Å². The van der Waals surface area contributed by atoms with Crippen LogP contribution in [-0.4, -0.2) is 11.1 Å². The second-order valence-corrected chi connectivity index (χ2v) is 4.62. The SMILES string of the molecule is CC(C)Oc1ccc(C(NN)c2ccncc2)cc1. The minimum Gasteiger partial charge on any atom is -0.491 e. The molecule has 0 amide bonds. The van der Waals surface area contributed by atoms with Gasteiger partial charge in [0.25, 0.3) is 0 Å². The molecule has 4 nitrogen and oxygen atoms in total. The fraction of sp³-hybridized carbons (Fsp3) is 0.267. The zero-order valence-corrected chi connectivity index (χ0v) is 11.2. The van der Waals surface area contributed by atoms with Crippen LogP contribution in [0.5, 0.6) is 5.75 Å². The number of hydrazine groups is 1. The Morgan fingerprint density at radius 2 is 1.58 bits per heavy atom.